The van der Waals surface area contributed by atoms with E-state index >= 15 is 0 Å². The molecule has 1 aromatic carbocycles. The number of nitrogens with one attached hydrogen (secondary N) is 2. The van der Waals surface area contributed by atoms with Crippen LogP contribution in [0.1, 0.15) is 16.2 Å². The number of carboxylic acid groups (broad SMARTS) is 1. The maximum absolute atomic E-state index is 11.6. The van der Waals surface area contributed by atoms with Crippen molar-refractivity contribution in [2.75, 3.05) is 11.9 Å². The van der Waals surface area contributed by atoms with Gasteiger partial charge < -0.3 is 19.9 Å². The molecule has 0 unspecified atom stereocenters. The van der Waals surface area contributed by atoms with E-state index < -0.39 is 5.97 Å². The average Bonchev–Trinajstić information content (AvgIpc) is 3.17. The summed E-state index contributed by atoms with van der Waals surface area (Å²) in [6, 6.07) is 6.69. The van der Waals surface area contributed by atoms with Gasteiger partial charge >= 0.3 is 5.97 Å². The first-order chi connectivity index (χ1) is 11.1. The highest BCUT2D eigenvalue weighted by atomic mass is 35.5. The summed E-state index contributed by atoms with van der Waals surface area (Å²) in [5.41, 5.74) is 0.588. The lowest BCUT2D eigenvalue weighted by Gasteiger charge is -2.03. The summed E-state index contributed by atoms with van der Waals surface area (Å²) < 4.78 is 5.21. The maximum Gasteiger partial charge on any atom is 0.343 e. The normalized spacial score (nSPS) is 10.7. The minimum absolute atomic E-state index is 0.00762. The molecule has 3 aromatic rings. The van der Waals surface area contributed by atoms with E-state index in [2.05, 4.69) is 20.4 Å². The molecule has 0 saturated carbocycles. The topological polar surface area (TPSA) is 104 Å². The predicted octanol–water partition coefficient (Wildman–Crippen LogP) is 3.07. The largest absolute Gasteiger partial charge is 0.477 e. The average molecular weight is 333 g/mol. The Hall–Kier alpha value is -2.80. The lowest BCUT2D eigenvalue weighted by molar-refractivity contribution is 0.0698. The van der Waals surface area contributed by atoms with Crippen LogP contribution in [0.3, 0.4) is 0 Å². The van der Waals surface area contributed by atoms with E-state index in [1.807, 2.05) is 0 Å². The van der Waals surface area contributed by atoms with Crippen molar-refractivity contribution in [1.82, 2.24) is 15.1 Å². The zero-order valence-corrected chi connectivity index (χ0v) is 12.7. The quantitative estimate of drug-likeness (QED) is 0.641. The Bertz CT molecular complexity index is 797. The summed E-state index contributed by atoms with van der Waals surface area (Å²) in [6.45, 7) is 0.473. The molecule has 3 rings (SSSR count). The van der Waals surface area contributed by atoms with Crippen molar-refractivity contribution in [2.24, 2.45) is 0 Å². The fraction of sp³-hybridized carbons (Fsp3) is 0.133. The van der Waals surface area contributed by atoms with Crippen LogP contribution in [-0.4, -0.2) is 32.7 Å². The van der Waals surface area contributed by atoms with E-state index in [0.717, 1.165) is 5.82 Å². The molecule has 0 spiro atoms. The predicted molar refractivity (Wildman–Crippen MR) is 84.7 cm³/mol. The molecule has 118 valence electrons. The second-order valence-corrected chi connectivity index (χ2v) is 5.20. The van der Waals surface area contributed by atoms with Gasteiger partial charge in [-0.3, -0.25) is 0 Å². The van der Waals surface area contributed by atoms with Gasteiger partial charge in [-0.05, 0) is 24.3 Å². The fourth-order valence-corrected chi connectivity index (χ4v) is 2.27. The van der Waals surface area contributed by atoms with Gasteiger partial charge in [0, 0.05) is 35.9 Å². The molecule has 23 heavy (non-hydrogen) atoms. The van der Waals surface area contributed by atoms with E-state index in [4.69, 9.17) is 16.1 Å². The molecule has 0 bridgehead atoms. The standard InChI is InChI=1S/C15H13ClN4O3/c16-10-3-1-9(2-4-10)13-12(15(21)22)14(20-23-13)19-6-5-11-17-7-8-18-11/h1-4,7-8H,5-6H2,(H,17,18)(H,19,20)(H,21,22). The monoisotopic (exact) mass is 332 g/mol. The summed E-state index contributed by atoms with van der Waals surface area (Å²) in [4.78, 5) is 18.6. The van der Waals surface area contributed by atoms with Crippen molar-refractivity contribution >= 4 is 23.4 Å². The number of halogens is 1. The lowest BCUT2D eigenvalue weighted by Crippen LogP contribution is -2.10. The molecule has 0 radical (unpaired) electrons. The summed E-state index contributed by atoms with van der Waals surface area (Å²) in [5, 5.41) is 16.8. The molecule has 0 saturated heterocycles. The number of hydrogen-bond donors (Lipinski definition) is 3. The number of benzene rings is 1. The van der Waals surface area contributed by atoms with E-state index in [0.29, 0.717) is 23.6 Å². The highest BCUT2D eigenvalue weighted by molar-refractivity contribution is 6.30. The SMILES string of the molecule is O=C(O)c1c(NCCc2ncc[nH]2)noc1-c1ccc(Cl)cc1. The number of nitrogens with zero attached hydrogens (tertiary/aromatic N) is 2. The highest BCUT2D eigenvalue weighted by Crippen LogP contribution is 2.30. The number of hydrogen-bond acceptors (Lipinski definition) is 5. The molecule has 0 aliphatic carbocycles. The number of aromatic amines is 1. The molecule has 3 N–H and O–H groups in total. The van der Waals surface area contributed by atoms with Gasteiger partial charge in [0.05, 0.1) is 0 Å². The number of aromatic carboxylic acids is 1. The fourth-order valence-electron chi connectivity index (χ4n) is 2.14. The van der Waals surface area contributed by atoms with Gasteiger partial charge in [-0.1, -0.05) is 16.8 Å². The molecule has 0 amide bonds. The first kappa shape index (κ1) is 15.1. The van der Waals surface area contributed by atoms with Gasteiger partial charge in [-0.25, -0.2) is 9.78 Å². The Balaban J connectivity index is 1.81. The van der Waals surface area contributed by atoms with Crippen molar-refractivity contribution < 1.29 is 14.4 Å². The third-order valence-corrected chi connectivity index (χ3v) is 3.47. The van der Waals surface area contributed by atoms with E-state index in [1.54, 1.807) is 36.7 Å². The van der Waals surface area contributed by atoms with E-state index in [-0.39, 0.29) is 17.1 Å². The molecular weight excluding hydrogens is 320 g/mol. The zero-order chi connectivity index (χ0) is 16.2. The van der Waals surface area contributed by atoms with Crippen LogP contribution in [0.4, 0.5) is 5.82 Å². The Labute approximate surface area is 136 Å². The maximum atomic E-state index is 11.6. The molecular formula is C15H13ClN4O3. The number of carbonyl (C=O) groups is 1. The Morgan fingerprint density at radius 2 is 2.13 bits per heavy atom. The highest BCUT2D eigenvalue weighted by Gasteiger charge is 2.23. The van der Waals surface area contributed by atoms with Crippen molar-refractivity contribution in [2.45, 2.75) is 6.42 Å². The summed E-state index contributed by atoms with van der Waals surface area (Å²) >= 11 is 5.84. The molecule has 2 aromatic heterocycles. The lowest BCUT2D eigenvalue weighted by atomic mass is 10.1. The first-order valence-electron chi connectivity index (χ1n) is 6.86. The van der Waals surface area contributed by atoms with Gasteiger partial charge in [-0.2, -0.15) is 0 Å². The van der Waals surface area contributed by atoms with Crippen LogP contribution in [0, 0.1) is 0 Å². The number of anilines is 1. The van der Waals surface area contributed by atoms with Gasteiger partial charge in [0.15, 0.2) is 17.1 Å². The van der Waals surface area contributed by atoms with Gasteiger partial charge in [0.1, 0.15) is 5.82 Å². The molecule has 0 atom stereocenters. The van der Waals surface area contributed by atoms with Crippen LogP contribution in [0.25, 0.3) is 11.3 Å². The molecule has 0 fully saturated rings. The van der Waals surface area contributed by atoms with Gasteiger partial charge in [0.25, 0.3) is 0 Å². The Morgan fingerprint density at radius 1 is 1.35 bits per heavy atom. The smallest absolute Gasteiger partial charge is 0.343 e. The van der Waals surface area contributed by atoms with Crippen LogP contribution < -0.4 is 5.32 Å². The third kappa shape index (κ3) is 3.35. The third-order valence-electron chi connectivity index (χ3n) is 3.22. The second-order valence-electron chi connectivity index (χ2n) is 4.76. The number of rotatable bonds is 6. The second kappa shape index (κ2) is 6.53. The Kier molecular flexibility index (Phi) is 4.29. The van der Waals surface area contributed by atoms with Gasteiger partial charge in [-0.15, -0.1) is 0 Å². The van der Waals surface area contributed by atoms with Gasteiger partial charge in [0.2, 0.25) is 0 Å². The number of carboxylic acids is 1. The minimum Gasteiger partial charge on any atom is -0.477 e. The van der Waals surface area contributed by atoms with Crippen molar-refractivity contribution in [1.29, 1.82) is 0 Å². The first-order valence-corrected chi connectivity index (χ1v) is 7.24. The molecule has 7 nitrogen and oxygen atoms in total. The van der Waals surface area contributed by atoms with E-state index in [9.17, 15) is 9.90 Å². The summed E-state index contributed by atoms with van der Waals surface area (Å²) in [6.07, 6.45) is 3.99. The number of aromatic nitrogens is 3. The molecule has 2 heterocycles. The zero-order valence-electron chi connectivity index (χ0n) is 11.9. The van der Waals surface area contributed by atoms with Crippen LogP contribution >= 0.6 is 11.6 Å². The minimum atomic E-state index is -1.11. The van der Waals surface area contributed by atoms with Crippen LogP contribution in [0.5, 0.6) is 0 Å². The van der Waals surface area contributed by atoms with Crippen molar-refractivity contribution in [3.05, 3.63) is 53.1 Å². The van der Waals surface area contributed by atoms with Crippen LogP contribution in [0.2, 0.25) is 5.02 Å². The van der Waals surface area contributed by atoms with Crippen molar-refractivity contribution in [3.63, 3.8) is 0 Å². The van der Waals surface area contributed by atoms with Crippen LogP contribution in [0.15, 0.2) is 41.2 Å². The van der Waals surface area contributed by atoms with Crippen molar-refractivity contribution in [3.8, 4) is 11.3 Å². The molecule has 0 aliphatic rings. The Morgan fingerprint density at radius 3 is 2.78 bits per heavy atom. The summed E-state index contributed by atoms with van der Waals surface area (Å²) in [7, 11) is 0. The molecule has 0 aliphatic heterocycles. The number of H-pyrrole nitrogens is 1. The van der Waals surface area contributed by atoms with Crippen LogP contribution in [-0.2, 0) is 6.42 Å². The summed E-state index contributed by atoms with van der Waals surface area (Å²) in [5.74, 6) is 0.0659. The molecule has 8 heteroatoms. The number of imidazole rings is 1. The van der Waals surface area contributed by atoms with E-state index in [1.165, 1.54) is 0 Å².